The molecule has 0 aliphatic rings. The molecule has 0 spiro atoms. The van der Waals surface area contributed by atoms with Gasteiger partial charge in [0.15, 0.2) is 0 Å². The number of halogens is 1. The lowest BCUT2D eigenvalue weighted by Crippen LogP contribution is -2.09. The molecule has 0 aromatic heterocycles. The van der Waals surface area contributed by atoms with Crippen LogP contribution in [0.3, 0.4) is 0 Å². The number of alkyl halides is 1. The van der Waals surface area contributed by atoms with Crippen LogP contribution in [0.5, 0.6) is 11.5 Å². The molecule has 0 amide bonds. The van der Waals surface area contributed by atoms with E-state index in [4.69, 9.17) is 21.1 Å². The van der Waals surface area contributed by atoms with Gasteiger partial charge in [-0.3, -0.25) is 0 Å². The molecule has 0 aliphatic carbocycles. The summed E-state index contributed by atoms with van der Waals surface area (Å²) in [7, 11) is 0. The number of aryl methyl sites for hydroxylation is 1. The van der Waals surface area contributed by atoms with E-state index in [-0.39, 0.29) is 0 Å². The van der Waals surface area contributed by atoms with E-state index in [9.17, 15) is 0 Å². The summed E-state index contributed by atoms with van der Waals surface area (Å²) in [4.78, 5) is 0. The molecule has 2 nitrogen and oxygen atoms in total. The van der Waals surface area contributed by atoms with Crippen LogP contribution in [-0.4, -0.2) is 19.1 Å². The molecule has 0 saturated carbocycles. The predicted molar refractivity (Wildman–Crippen MR) is 108 cm³/mol. The summed E-state index contributed by atoms with van der Waals surface area (Å²) < 4.78 is 12.3. The number of hydrogen-bond donors (Lipinski definition) is 0. The van der Waals surface area contributed by atoms with Gasteiger partial charge in [0.2, 0.25) is 0 Å². The summed E-state index contributed by atoms with van der Waals surface area (Å²) >= 11 is 5.83. The lowest BCUT2D eigenvalue weighted by Gasteiger charge is -2.18. The fourth-order valence-corrected chi connectivity index (χ4v) is 3.34. The van der Waals surface area contributed by atoms with E-state index >= 15 is 0 Å². The van der Waals surface area contributed by atoms with Crippen LogP contribution >= 0.6 is 11.6 Å². The van der Waals surface area contributed by atoms with E-state index in [0.29, 0.717) is 18.4 Å². The molecule has 0 saturated heterocycles. The second-order valence-electron chi connectivity index (χ2n) is 6.87. The van der Waals surface area contributed by atoms with Crippen molar-refractivity contribution in [3.63, 3.8) is 0 Å². The summed E-state index contributed by atoms with van der Waals surface area (Å²) in [6, 6.07) is 10.5. The molecule has 25 heavy (non-hydrogen) atoms. The molecule has 0 bridgehead atoms. The molecule has 2 aromatic rings. The van der Waals surface area contributed by atoms with Gasteiger partial charge in [0.1, 0.15) is 11.5 Å². The van der Waals surface area contributed by atoms with Crippen LogP contribution in [0.25, 0.3) is 10.8 Å². The quantitative estimate of drug-likeness (QED) is 0.325. The molecule has 0 N–H and O–H groups in total. The topological polar surface area (TPSA) is 18.5 Å². The second kappa shape index (κ2) is 10.6. The van der Waals surface area contributed by atoms with Gasteiger partial charge in [-0.25, -0.2) is 0 Å². The minimum atomic E-state index is 0.450. The number of rotatable bonds is 11. The Hall–Kier alpha value is -1.41. The third-order valence-corrected chi connectivity index (χ3v) is 4.73. The van der Waals surface area contributed by atoms with E-state index in [1.807, 2.05) is 0 Å². The van der Waals surface area contributed by atoms with Gasteiger partial charge in [-0.05, 0) is 37.3 Å². The first-order valence-electron chi connectivity index (χ1n) is 9.51. The highest BCUT2D eigenvalue weighted by Gasteiger charge is 2.12. The second-order valence-corrected chi connectivity index (χ2v) is 7.25. The Balaban J connectivity index is 2.15. The van der Waals surface area contributed by atoms with Gasteiger partial charge >= 0.3 is 0 Å². The normalized spacial score (nSPS) is 12.3. The van der Waals surface area contributed by atoms with Gasteiger partial charge < -0.3 is 9.47 Å². The van der Waals surface area contributed by atoms with Crippen LogP contribution in [0.1, 0.15) is 51.5 Å². The molecule has 3 heteroatoms. The highest BCUT2D eigenvalue weighted by atomic mass is 35.5. The Kier molecular flexibility index (Phi) is 8.40. The average Bonchev–Trinajstić information content (AvgIpc) is 2.61. The van der Waals surface area contributed by atoms with Crippen molar-refractivity contribution in [1.82, 2.24) is 0 Å². The van der Waals surface area contributed by atoms with Crippen LogP contribution < -0.4 is 9.47 Å². The summed E-state index contributed by atoms with van der Waals surface area (Å²) in [6.45, 7) is 7.96. The average molecular weight is 363 g/mol. The van der Waals surface area contributed by atoms with Gasteiger partial charge in [-0.15, -0.1) is 11.6 Å². The molecule has 2 rings (SSSR count). The lowest BCUT2D eigenvalue weighted by molar-refractivity contribution is 0.259. The van der Waals surface area contributed by atoms with Crippen LogP contribution in [0.15, 0.2) is 30.3 Å². The molecular formula is C22H31ClO2. The van der Waals surface area contributed by atoms with Crippen molar-refractivity contribution in [2.24, 2.45) is 5.92 Å². The summed E-state index contributed by atoms with van der Waals surface area (Å²) in [5, 5.41) is 2.26. The fraction of sp³-hybridized carbons (Fsp3) is 0.545. The Bertz CT molecular complexity index is 654. The SMILES string of the molecule is CCCCCCOc1c(C)cc(OCC(C)CCCl)c2ccccc12. The zero-order valence-electron chi connectivity index (χ0n) is 15.8. The van der Waals surface area contributed by atoms with Gasteiger partial charge in [0, 0.05) is 16.7 Å². The highest BCUT2D eigenvalue weighted by molar-refractivity contribution is 6.17. The molecule has 2 aromatic carbocycles. The maximum absolute atomic E-state index is 6.14. The predicted octanol–water partition coefficient (Wildman–Crippen LogP) is 6.75. The van der Waals surface area contributed by atoms with Crippen molar-refractivity contribution >= 4 is 22.4 Å². The Morgan fingerprint density at radius 3 is 2.52 bits per heavy atom. The summed E-state index contributed by atoms with van der Waals surface area (Å²) in [5.74, 6) is 3.06. The van der Waals surface area contributed by atoms with Crippen molar-refractivity contribution in [3.8, 4) is 11.5 Å². The fourth-order valence-electron chi connectivity index (χ4n) is 2.96. The van der Waals surface area contributed by atoms with Crippen molar-refractivity contribution in [1.29, 1.82) is 0 Å². The zero-order chi connectivity index (χ0) is 18.1. The monoisotopic (exact) mass is 362 g/mol. The van der Waals surface area contributed by atoms with Gasteiger partial charge in [0.25, 0.3) is 0 Å². The number of ether oxygens (including phenoxy) is 2. The Morgan fingerprint density at radius 2 is 1.80 bits per heavy atom. The van der Waals surface area contributed by atoms with Crippen LogP contribution in [0, 0.1) is 12.8 Å². The van der Waals surface area contributed by atoms with Gasteiger partial charge in [0.05, 0.1) is 13.2 Å². The lowest BCUT2D eigenvalue weighted by atomic mass is 10.0. The minimum Gasteiger partial charge on any atom is -0.493 e. The molecule has 1 atom stereocenters. The van der Waals surface area contributed by atoms with Gasteiger partial charge in [-0.1, -0.05) is 57.4 Å². The summed E-state index contributed by atoms with van der Waals surface area (Å²) in [5.41, 5.74) is 1.13. The first kappa shape index (κ1) is 19.9. The molecule has 0 fully saturated rings. The number of unbranched alkanes of at least 4 members (excludes halogenated alkanes) is 3. The first-order chi connectivity index (χ1) is 12.2. The van der Waals surface area contributed by atoms with E-state index in [2.05, 4.69) is 51.1 Å². The maximum Gasteiger partial charge on any atom is 0.130 e. The van der Waals surface area contributed by atoms with E-state index in [0.717, 1.165) is 47.3 Å². The maximum atomic E-state index is 6.14. The van der Waals surface area contributed by atoms with Crippen molar-refractivity contribution in [3.05, 3.63) is 35.9 Å². The summed E-state index contributed by atoms with van der Waals surface area (Å²) in [6.07, 6.45) is 5.83. The Labute approximate surface area is 157 Å². The number of fused-ring (bicyclic) bond motifs is 1. The molecule has 138 valence electrons. The van der Waals surface area contributed by atoms with E-state index < -0.39 is 0 Å². The van der Waals surface area contributed by atoms with Crippen molar-refractivity contribution < 1.29 is 9.47 Å². The molecule has 0 radical (unpaired) electrons. The third kappa shape index (κ3) is 5.81. The first-order valence-corrected chi connectivity index (χ1v) is 10.0. The van der Waals surface area contributed by atoms with Crippen LogP contribution in [0.2, 0.25) is 0 Å². The van der Waals surface area contributed by atoms with Gasteiger partial charge in [-0.2, -0.15) is 0 Å². The number of hydrogen-bond acceptors (Lipinski definition) is 2. The van der Waals surface area contributed by atoms with E-state index in [1.165, 1.54) is 19.3 Å². The van der Waals surface area contributed by atoms with Crippen molar-refractivity contribution in [2.45, 2.75) is 52.9 Å². The molecule has 0 heterocycles. The Morgan fingerprint density at radius 1 is 1.04 bits per heavy atom. The largest absolute Gasteiger partial charge is 0.493 e. The minimum absolute atomic E-state index is 0.450. The van der Waals surface area contributed by atoms with Crippen LogP contribution in [0.4, 0.5) is 0 Å². The standard InChI is InChI=1S/C22H31ClO2/c1-4-5-6-9-14-24-22-18(3)15-21(25-16-17(2)12-13-23)19-10-7-8-11-20(19)22/h7-8,10-11,15,17H,4-6,9,12-14,16H2,1-3H3. The number of benzene rings is 2. The van der Waals surface area contributed by atoms with Crippen LogP contribution in [-0.2, 0) is 0 Å². The highest BCUT2D eigenvalue weighted by Crippen LogP contribution is 2.36. The van der Waals surface area contributed by atoms with Crippen molar-refractivity contribution in [2.75, 3.05) is 19.1 Å². The third-order valence-electron chi connectivity index (χ3n) is 4.51. The van der Waals surface area contributed by atoms with E-state index in [1.54, 1.807) is 0 Å². The zero-order valence-corrected chi connectivity index (χ0v) is 16.6. The molecule has 0 aliphatic heterocycles. The molecule has 1 unspecified atom stereocenters. The smallest absolute Gasteiger partial charge is 0.130 e. The molecular weight excluding hydrogens is 332 g/mol.